The van der Waals surface area contributed by atoms with Gasteiger partial charge in [-0.05, 0) is 24.3 Å². The number of nitrogens with zero attached hydrogens (tertiary/aromatic N) is 3. The molecule has 0 spiro atoms. The van der Waals surface area contributed by atoms with E-state index >= 15 is 0 Å². The van der Waals surface area contributed by atoms with Crippen LogP contribution in [-0.2, 0) is 0 Å². The van der Waals surface area contributed by atoms with Gasteiger partial charge in [0.1, 0.15) is 12.1 Å². The van der Waals surface area contributed by atoms with Crippen LogP contribution < -0.4 is 11.1 Å². The van der Waals surface area contributed by atoms with Gasteiger partial charge in [-0.1, -0.05) is 6.07 Å². The van der Waals surface area contributed by atoms with Crippen molar-refractivity contribution in [1.29, 1.82) is 0 Å². The van der Waals surface area contributed by atoms with E-state index in [9.17, 15) is 10.1 Å². The molecule has 0 saturated carbocycles. The second-order valence-corrected chi connectivity index (χ2v) is 4.43. The number of rotatable bonds is 3. The molecule has 0 fully saturated rings. The summed E-state index contributed by atoms with van der Waals surface area (Å²) in [6, 6.07) is 11.6. The Balaban J connectivity index is 2.09. The Morgan fingerprint density at radius 2 is 2.00 bits per heavy atom. The second kappa shape index (κ2) is 5.04. The fourth-order valence-corrected chi connectivity index (χ4v) is 2.01. The van der Waals surface area contributed by atoms with Crippen LogP contribution in [0, 0.1) is 10.1 Å². The molecule has 0 radical (unpaired) electrons. The Labute approximate surface area is 119 Å². The number of nitrogens with one attached hydrogen (secondary N) is 1. The number of anilines is 3. The Morgan fingerprint density at radius 3 is 2.76 bits per heavy atom. The first-order chi connectivity index (χ1) is 10.1. The van der Waals surface area contributed by atoms with Gasteiger partial charge < -0.3 is 11.1 Å². The lowest BCUT2D eigenvalue weighted by atomic mass is 10.2. The molecular weight excluding hydrogens is 270 g/mol. The molecule has 0 saturated heterocycles. The minimum absolute atomic E-state index is 0.00655. The van der Waals surface area contributed by atoms with Crippen LogP contribution in [0.5, 0.6) is 0 Å². The molecule has 104 valence electrons. The maximum absolute atomic E-state index is 10.9. The number of benzene rings is 2. The maximum Gasteiger partial charge on any atom is 0.270 e. The predicted octanol–water partition coefficient (Wildman–Crippen LogP) is 2.86. The average Bonchev–Trinajstić information content (AvgIpc) is 2.47. The van der Waals surface area contributed by atoms with E-state index in [0.717, 1.165) is 5.69 Å². The van der Waals surface area contributed by atoms with Gasteiger partial charge in [-0.3, -0.25) is 10.1 Å². The van der Waals surface area contributed by atoms with Crippen molar-refractivity contribution in [1.82, 2.24) is 9.97 Å². The fraction of sp³-hybridized carbons (Fsp3) is 0. The summed E-state index contributed by atoms with van der Waals surface area (Å²) in [5.74, 6) is 0.495. The van der Waals surface area contributed by atoms with Gasteiger partial charge in [0.15, 0.2) is 0 Å². The molecule has 0 unspecified atom stereocenters. The number of hydrogen-bond donors (Lipinski definition) is 2. The van der Waals surface area contributed by atoms with Crippen molar-refractivity contribution in [3.63, 3.8) is 0 Å². The number of hydrogen-bond acceptors (Lipinski definition) is 6. The molecule has 3 N–H and O–H groups in total. The highest BCUT2D eigenvalue weighted by Gasteiger charge is 2.10. The van der Waals surface area contributed by atoms with Crippen LogP contribution in [0.25, 0.3) is 10.9 Å². The normalized spacial score (nSPS) is 10.5. The van der Waals surface area contributed by atoms with Gasteiger partial charge >= 0.3 is 0 Å². The lowest BCUT2D eigenvalue weighted by molar-refractivity contribution is -0.384. The van der Waals surface area contributed by atoms with E-state index in [1.54, 1.807) is 18.2 Å². The minimum atomic E-state index is -0.448. The van der Waals surface area contributed by atoms with Gasteiger partial charge in [-0.25, -0.2) is 9.97 Å². The SMILES string of the molecule is Nc1cccc(Nc2ncnc3ccc([N+](=O)[O-])cc23)c1. The van der Waals surface area contributed by atoms with E-state index in [-0.39, 0.29) is 5.69 Å². The van der Waals surface area contributed by atoms with E-state index in [1.807, 2.05) is 12.1 Å². The number of nitro benzene ring substituents is 1. The monoisotopic (exact) mass is 281 g/mol. The highest BCUT2D eigenvalue weighted by molar-refractivity contribution is 5.92. The van der Waals surface area contributed by atoms with E-state index in [4.69, 9.17) is 5.73 Å². The number of aromatic nitrogens is 2. The van der Waals surface area contributed by atoms with Crippen molar-refractivity contribution in [2.75, 3.05) is 11.1 Å². The first-order valence-corrected chi connectivity index (χ1v) is 6.15. The Hall–Kier alpha value is -3.22. The first-order valence-electron chi connectivity index (χ1n) is 6.15. The van der Waals surface area contributed by atoms with Crippen molar-refractivity contribution >= 4 is 33.8 Å². The quantitative estimate of drug-likeness (QED) is 0.434. The lowest BCUT2D eigenvalue weighted by Gasteiger charge is -2.08. The minimum Gasteiger partial charge on any atom is -0.399 e. The molecule has 3 aromatic rings. The zero-order valence-corrected chi connectivity index (χ0v) is 10.9. The third kappa shape index (κ3) is 2.57. The lowest BCUT2D eigenvalue weighted by Crippen LogP contribution is -1.97. The van der Waals surface area contributed by atoms with Crippen LogP contribution in [0.3, 0.4) is 0 Å². The molecule has 0 atom stereocenters. The summed E-state index contributed by atoms with van der Waals surface area (Å²) in [5, 5.41) is 14.6. The van der Waals surface area contributed by atoms with Crippen LogP contribution in [0.4, 0.5) is 22.9 Å². The summed E-state index contributed by atoms with van der Waals surface area (Å²) in [6.45, 7) is 0. The maximum atomic E-state index is 10.9. The molecule has 0 aliphatic rings. The molecular formula is C14H11N5O2. The van der Waals surface area contributed by atoms with Crippen LogP contribution in [-0.4, -0.2) is 14.9 Å². The molecule has 0 aliphatic heterocycles. The summed E-state index contributed by atoms with van der Waals surface area (Å²) in [6.07, 6.45) is 1.41. The zero-order chi connectivity index (χ0) is 14.8. The average molecular weight is 281 g/mol. The largest absolute Gasteiger partial charge is 0.399 e. The molecule has 0 bridgehead atoms. The highest BCUT2D eigenvalue weighted by atomic mass is 16.6. The molecule has 7 nitrogen and oxygen atoms in total. The van der Waals surface area contributed by atoms with Crippen molar-refractivity contribution in [2.45, 2.75) is 0 Å². The molecule has 21 heavy (non-hydrogen) atoms. The fourth-order valence-electron chi connectivity index (χ4n) is 2.01. The van der Waals surface area contributed by atoms with Crippen molar-refractivity contribution < 1.29 is 4.92 Å². The molecule has 0 amide bonds. The van der Waals surface area contributed by atoms with Crippen LogP contribution in [0.2, 0.25) is 0 Å². The van der Waals surface area contributed by atoms with E-state index in [1.165, 1.54) is 18.5 Å². The summed E-state index contributed by atoms with van der Waals surface area (Å²) in [5.41, 5.74) is 7.71. The third-order valence-corrected chi connectivity index (χ3v) is 2.98. The number of fused-ring (bicyclic) bond motifs is 1. The van der Waals surface area contributed by atoms with Gasteiger partial charge in [0.05, 0.1) is 10.4 Å². The van der Waals surface area contributed by atoms with Gasteiger partial charge in [-0.2, -0.15) is 0 Å². The van der Waals surface area contributed by atoms with Crippen molar-refractivity contribution in [3.8, 4) is 0 Å². The first kappa shape index (κ1) is 12.8. The number of nitro groups is 1. The number of nitrogen functional groups attached to an aromatic ring is 1. The molecule has 1 aromatic heterocycles. The van der Waals surface area contributed by atoms with E-state index in [0.29, 0.717) is 22.4 Å². The Bertz CT molecular complexity index is 834. The van der Waals surface area contributed by atoms with Gasteiger partial charge in [-0.15, -0.1) is 0 Å². The standard InChI is InChI=1S/C14H11N5O2/c15-9-2-1-3-10(6-9)18-14-12-7-11(19(20)21)4-5-13(12)16-8-17-14/h1-8H,15H2,(H,16,17,18). The summed E-state index contributed by atoms with van der Waals surface area (Å²) >= 11 is 0. The Morgan fingerprint density at radius 1 is 1.14 bits per heavy atom. The molecule has 1 heterocycles. The number of non-ortho nitro benzene ring substituents is 1. The van der Waals surface area contributed by atoms with Crippen molar-refractivity contribution in [3.05, 3.63) is 58.9 Å². The number of nitrogens with two attached hydrogens (primary N) is 1. The topological polar surface area (TPSA) is 107 Å². The van der Waals surface area contributed by atoms with E-state index < -0.39 is 4.92 Å². The zero-order valence-electron chi connectivity index (χ0n) is 10.9. The predicted molar refractivity (Wildman–Crippen MR) is 80.3 cm³/mol. The van der Waals surface area contributed by atoms with E-state index in [2.05, 4.69) is 15.3 Å². The van der Waals surface area contributed by atoms with Gasteiger partial charge in [0.25, 0.3) is 5.69 Å². The summed E-state index contributed by atoms with van der Waals surface area (Å²) in [7, 11) is 0. The molecule has 3 rings (SSSR count). The van der Waals surface area contributed by atoms with Crippen LogP contribution in [0.1, 0.15) is 0 Å². The van der Waals surface area contributed by atoms with Gasteiger partial charge in [0, 0.05) is 28.9 Å². The summed E-state index contributed by atoms with van der Waals surface area (Å²) in [4.78, 5) is 18.7. The third-order valence-electron chi connectivity index (χ3n) is 2.98. The molecule has 7 heteroatoms. The highest BCUT2D eigenvalue weighted by Crippen LogP contribution is 2.27. The molecule has 2 aromatic carbocycles. The van der Waals surface area contributed by atoms with Crippen LogP contribution >= 0.6 is 0 Å². The van der Waals surface area contributed by atoms with Crippen LogP contribution in [0.15, 0.2) is 48.8 Å². The van der Waals surface area contributed by atoms with Crippen molar-refractivity contribution in [2.24, 2.45) is 0 Å². The summed E-state index contributed by atoms with van der Waals surface area (Å²) < 4.78 is 0. The smallest absolute Gasteiger partial charge is 0.270 e. The Kier molecular flexibility index (Phi) is 3.07. The van der Waals surface area contributed by atoms with Gasteiger partial charge in [0.2, 0.25) is 0 Å². The second-order valence-electron chi connectivity index (χ2n) is 4.43. The molecule has 0 aliphatic carbocycles.